The predicted octanol–water partition coefficient (Wildman–Crippen LogP) is 2.54. The van der Waals surface area contributed by atoms with Gasteiger partial charge in [-0.1, -0.05) is 12.2 Å². The molecule has 0 spiro atoms. The van der Waals surface area contributed by atoms with Gasteiger partial charge in [-0.3, -0.25) is 0 Å². The molecule has 210 valence electrons. The van der Waals surface area contributed by atoms with Gasteiger partial charge < -0.3 is 18.5 Å². The molecule has 1 aliphatic heterocycles. The summed E-state index contributed by atoms with van der Waals surface area (Å²) in [5.41, 5.74) is -6.72. The van der Waals surface area contributed by atoms with Crippen LogP contribution in [0.5, 0.6) is 11.5 Å². The minimum Gasteiger partial charge on any atom is -0.489 e. The van der Waals surface area contributed by atoms with Gasteiger partial charge in [0, 0.05) is 13.1 Å². The zero-order valence-corrected chi connectivity index (χ0v) is 24.7. The summed E-state index contributed by atoms with van der Waals surface area (Å²) < 4.78 is 133. The molecule has 1 aromatic carbocycles. The molecule has 0 radical (unpaired) electrons. The number of rotatable bonds is 8. The SMILES string of the molecule is CCOc1c(F)c(N2CCCCC2)c(F)c(OC2CC/C=C\CCC2)c1S(=O)(=O)[N-]S(=O)(=O)C(F)(F)F.[Na+]. The van der Waals surface area contributed by atoms with Gasteiger partial charge in [0.25, 0.3) is 0 Å². The maximum absolute atomic E-state index is 16.0. The van der Waals surface area contributed by atoms with E-state index in [1.807, 2.05) is 16.3 Å². The van der Waals surface area contributed by atoms with Crippen molar-refractivity contribution in [2.45, 2.75) is 74.8 Å². The number of anilines is 1. The Balaban J connectivity index is 0.00000507. The fraction of sp³-hybridized carbons (Fsp3) is 0.636. The van der Waals surface area contributed by atoms with Crippen LogP contribution in [0.1, 0.15) is 58.3 Å². The van der Waals surface area contributed by atoms with Crippen LogP contribution in [-0.2, 0) is 20.0 Å². The number of ether oxygens (including phenoxy) is 2. The smallest absolute Gasteiger partial charge is 0.489 e. The third-order valence-electron chi connectivity index (χ3n) is 5.94. The summed E-state index contributed by atoms with van der Waals surface area (Å²) in [6, 6.07) is 0. The predicted molar refractivity (Wildman–Crippen MR) is 126 cm³/mol. The van der Waals surface area contributed by atoms with E-state index >= 15 is 8.78 Å². The molecule has 1 aliphatic carbocycles. The zero-order chi connectivity index (χ0) is 27.4. The van der Waals surface area contributed by atoms with Gasteiger partial charge in [0.15, 0.2) is 33.2 Å². The van der Waals surface area contributed by atoms with Crippen LogP contribution >= 0.6 is 0 Å². The summed E-state index contributed by atoms with van der Waals surface area (Å²) in [7, 11) is -12.5. The van der Waals surface area contributed by atoms with Crippen molar-refractivity contribution < 1.29 is 77.8 Å². The van der Waals surface area contributed by atoms with Crippen molar-refractivity contribution in [2.75, 3.05) is 24.6 Å². The first-order valence-electron chi connectivity index (χ1n) is 11.8. The van der Waals surface area contributed by atoms with E-state index in [4.69, 9.17) is 9.47 Å². The van der Waals surface area contributed by atoms with Crippen LogP contribution in [0.4, 0.5) is 27.6 Å². The molecule has 3 rings (SSSR count). The topological polar surface area (TPSA) is 104 Å². The van der Waals surface area contributed by atoms with Crippen LogP contribution in [0, 0.1) is 11.6 Å². The van der Waals surface area contributed by atoms with Crippen LogP contribution in [0.25, 0.3) is 4.13 Å². The number of piperidine rings is 1. The average molecular weight is 599 g/mol. The quantitative estimate of drug-likeness (QED) is 0.258. The van der Waals surface area contributed by atoms with Crippen LogP contribution in [-0.4, -0.2) is 48.1 Å². The number of nitrogens with zero attached hydrogens (tertiary/aromatic N) is 2. The van der Waals surface area contributed by atoms with Gasteiger partial charge >= 0.3 is 35.1 Å². The molecule has 2 aliphatic rings. The third-order valence-corrected chi connectivity index (χ3v) is 8.98. The van der Waals surface area contributed by atoms with Crippen molar-refractivity contribution in [2.24, 2.45) is 0 Å². The molecule has 0 bridgehead atoms. The van der Waals surface area contributed by atoms with Crippen LogP contribution < -0.4 is 43.9 Å². The van der Waals surface area contributed by atoms with E-state index < -0.39 is 65.4 Å². The van der Waals surface area contributed by atoms with Crippen LogP contribution in [0.15, 0.2) is 17.0 Å². The first-order valence-corrected chi connectivity index (χ1v) is 14.7. The molecular formula is C22H28F5N2NaO6S2. The number of allylic oxidation sites excluding steroid dienone is 2. The van der Waals surface area contributed by atoms with E-state index in [-0.39, 0.29) is 49.3 Å². The van der Waals surface area contributed by atoms with E-state index in [0.29, 0.717) is 44.9 Å². The average Bonchev–Trinajstić information content (AvgIpc) is 2.77. The second-order valence-electron chi connectivity index (χ2n) is 8.63. The monoisotopic (exact) mass is 598 g/mol. The molecule has 38 heavy (non-hydrogen) atoms. The Hall–Kier alpha value is -1.13. The summed E-state index contributed by atoms with van der Waals surface area (Å²) in [5.74, 6) is -5.22. The van der Waals surface area contributed by atoms with Crippen molar-refractivity contribution in [3.8, 4) is 11.5 Å². The maximum Gasteiger partial charge on any atom is 1.00 e. The van der Waals surface area contributed by atoms with Gasteiger partial charge in [0.1, 0.15) is 20.6 Å². The normalized spacial score (nSPS) is 20.2. The van der Waals surface area contributed by atoms with Crippen molar-refractivity contribution in [1.82, 2.24) is 0 Å². The number of halogens is 5. The number of hydrogen-bond donors (Lipinski definition) is 0. The molecule has 0 N–H and O–H groups in total. The molecule has 1 atom stereocenters. The van der Waals surface area contributed by atoms with Gasteiger partial charge in [0.05, 0.1) is 12.7 Å². The largest absolute Gasteiger partial charge is 1.00 e. The van der Waals surface area contributed by atoms with Crippen molar-refractivity contribution in [3.05, 3.63) is 27.9 Å². The minimum absolute atomic E-state index is 0. The summed E-state index contributed by atoms with van der Waals surface area (Å²) in [6.07, 6.45) is 7.35. The summed E-state index contributed by atoms with van der Waals surface area (Å²) in [6.45, 7) is 1.42. The molecular weight excluding hydrogens is 570 g/mol. The Bertz CT molecular complexity index is 1220. The zero-order valence-electron chi connectivity index (χ0n) is 21.1. The molecule has 0 aromatic heterocycles. The summed E-state index contributed by atoms with van der Waals surface area (Å²) in [4.78, 5) is -0.194. The van der Waals surface area contributed by atoms with E-state index in [1.165, 1.54) is 11.8 Å². The molecule has 1 aromatic rings. The third kappa shape index (κ3) is 7.53. The van der Waals surface area contributed by atoms with Gasteiger partial charge in [-0.2, -0.15) is 13.2 Å². The maximum atomic E-state index is 16.0. The van der Waals surface area contributed by atoms with Crippen molar-refractivity contribution in [3.63, 3.8) is 0 Å². The fourth-order valence-corrected chi connectivity index (χ4v) is 6.67. The number of benzene rings is 1. The first kappa shape index (κ1) is 33.1. The fourth-order valence-electron chi connectivity index (χ4n) is 4.24. The molecule has 16 heteroatoms. The second-order valence-corrected chi connectivity index (χ2v) is 12.0. The minimum atomic E-state index is -6.59. The van der Waals surface area contributed by atoms with Gasteiger partial charge in [-0.25, -0.2) is 25.6 Å². The van der Waals surface area contributed by atoms with Crippen LogP contribution in [0.3, 0.4) is 0 Å². The molecule has 1 fully saturated rings. The Kier molecular flexibility index (Phi) is 11.7. The Morgan fingerprint density at radius 1 is 0.947 bits per heavy atom. The number of alkyl halides is 3. The Morgan fingerprint density at radius 2 is 1.55 bits per heavy atom. The molecule has 1 unspecified atom stereocenters. The number of sulfonamides is 2. The Labute approximate surface area is 241 Å². The van der Waals surface area contributed by atoms with Crippen molar-refractivity contribution in [1.29, 1.82) is 0 Å². The van der Waals surface area contributed by atoms with E-state index in [2.05, 4.69) is 0 Å². The van der Waals surface area contributed by atoms with Crippen molar-refractivity contribution >= 4 is 25.7 Å². The summed E-state index contributed by atoms with van der Waals surface area (Å²) >= 11 is 0. The molecule has 0 amide bonds. The molecule has 1 saturated heterocycles. The van der Waals surface area contributed by atoms with Gasteiger partial charge in [-0.05, 0) is 58.3 Å². The molecule has 1 heterocycles. The van der Waals surface area contributed by atoms with Gasteiger partial charge in [0.2, 0.25) is 0 Å². The summed E-state index contributed by atoms with van der Waals surface area (Å²) in [5, 5.41) is 0. The van der Waals surface area contributed by atoms with E-state index in [0.717, 1.165) is 6.42 Å². The standard InChI is InChI=1S/C22H28F5N2O6S2.Na/c1-2-34-19-16(23)18(29-13-9-6-10-14-29)17(24)20(35-15-11-7-4-3-5-8-12-15)21(19)36(30,31)28-37(32,33)22(25,26)27;/h3-4,15H,2,5-14H2,1H3;/q-1;+1/b4-3-;. The van der Waals surface area contributed by atoms with Gasteiger partial charge in [-0.15, -0.1) is 0 Å². The molecule has 8 nitrogen and oxygen atoms in total. The van der Waals surface area contributed by atoms with Crippen LogP contribution in [0.2, 0.25) is 0 Å². The second kappa shape index (κ2) is 13.5. The Morgan fingerprint density at radius 3 is 2.16 bits per heavy atom. The first-order chi connectivity index (χ1) is 17.3. The molecule has 0 saturated carbocycles. The van der Waals surface area contributed by atoms with E-state index in [1.54, 1.807) is 0 Å². The number of hydrogen-bond acceptors (Lipinski definition) is 7. The van der Waals surface area contributed by atoms with E-state index in [9.17, 15) is 30.0 Å².